The molecule has 0 spiro atoms. The molecule has 53 heavy (non-hydrogen) atoms. The van der Waals surface area contributed by atoms with E-state index in [1.165, 1.54) is 98.6 Å². The van der Waals surface area contributed by atoms with E-state index in [4.69, 9.17) is 0 Å². The third-order valence-corrected chi connectivity index (χ3v) is 13.4. The van der Waals surface area contributed by atoms with E-state index in [0.717, 1.165) is 23.7 Å². The van der Waals surface area contributed by atoms with Gasteiger partial charge in [0.05, 0.1) is 16.7 Å². The molecule has 0 saturated heterocycles. The lowest BCUT2D eigenvalue weighted by Crippen LogP contribution is -2.34. The Balaban J connectivity index is 0.981. The van der Waals surface area contributed by atoms with Crippen molar-refractivity contribution in [3.63, 3.8) is 0 Å². The van der Waals surface area contributed by atoms with E-state index in [1.54, 1.807) is 5.56 Å². The van der Waals surface area contributed by atoms with Gasteiger partial charge in [0.2, 0.25) is 0 Å². The fraction of sp³-hybridized carbons (Fsp3) is 0.216. The Morgan fingerprint density at radius 2 is 1.17 bits per heavy atom. The maximum absolute atomic E-state index is 2.51. The molecule has 3 aliphatic rings. The van der Waals surface area contributed by atoms with Crippen molar-refractivity contribution < 1.29 is 0 Å². The second kappa shape index (κ2) is 12.0. The Morgan fingerprint density at radius 1 is 0.528 bits per heavy atom. The topological polar surface area (TPSA) is 8.17 Å². The fourth-order valence-electron chi connectivity index (χ4n) is 11.2. The summed E-state index contributed by atoms with van der Waals surface area (Å²) in [4.78, 5) is 2.46. The van der Waals surface area contributed by atoms with Crippen molar-refractivity contribution in [3.8, 4) is 16.8 Å². The second-order valence-corrected chi connectivity index (χ2v) is 16.5. The maximum Gasteiger partial charge on any atom is 0.0541 e. The van der Waals surface area contributed by atoms with Crippen molar-refractivity contribution in [1.29, 1.82) is 0 Å². The number of para-hydroxylation sites is 2. The van der Waals surface area contributed by atoms with Crippen LogP contribution >= 0.6 is 0 Å². The van der Waals surface area contributed by atoms with Gasteiger partial charge in [0.25, 0.3) is 0 Å². The highest BCUT2D eigenvalue weighted by Gasteiger charge is 2.57. The van der Waals surface area contributed by atoms with Gasteiger partial charge < -0.3 is 9.47 Å². The first-order chi connectivity index (χ1) is 26.1. The fourth-order valence-corrected chi connectivity index (χ4v) is 11.2. The lowest BCUT2D eigenvalue weighted by atomic mass is 9.63. The summed E-state index contributed by atoms with van der Waals surface area (Å²) in [6.45, 7) is 2.51. The highest BCUT2D eigenvalue weighted by Crippen LogP contribution is 2.65. The van der Waals surface area contributed by atoms with E-state index in [0.29, 0.717) is 5.41 Å². The van der Waals surface area contributed by atoms with E-state index in [9.17, 15) is 0 Å². The third kappa shape index (κ3) is 4.92. The van der Waals surface area contributed by atoms with E-state index >= 15 is 0 Å². The van der Waals surface area contributed by atoms with Crippen LogP contribution in [0.2, 0.25) is 0 Å². The molecule has 3 saturated carbocycles. The van der Waals surface area contributed by atoms with Crippen LogP contribution in [0.15, 0.2) is 164 Å². The highest BCUT2D eigenvalue weighted by molar-refractivity contribution is 6.09. The van der Waals surface area contributed by atoms with Crippen LogP contribution in [0.3, 0.4) is 0 Å². The lowest BCUT2D eigenvalue weighted by Gasteiger charge is -2.42. The molecule has 3 aliphatic carbocycles. The minimum Gasteiger partial charge on any atom is -0.310 e. The van der Waals surface area contributed by atoms with Crippen LogP contribution in [0.1, 0.15) is 44.6 Å². The van der Waals surface area contributed by atoms with Gasteiger partial charge in [0.15, 0.2) is 0 Å². The highest BCUT2D eigenvalue weighted by atomic mass is 15.1. The minimum atomic E-state index is 0.359. The third-order valence-electron chi connectivity index (χ3n) is 13.4. The summed E-state index contributed by atoms with van der Waals surface area (Å²) in [5.41, 5.74) is 11.6. The quantitative estimate of drug-likeness (QED) is 0.169. The van der Waals surface area contributed by atoms with Crippen LogP contribution in [0.25, 0.3) is 49.4 Å². The van der Waals surface area contributed by atoms with Crippen molar-refractivity contribution in [3.05, 3.63) is 169 Å². The predicted molar refractivity (Wildman–Crippen MR) is 223 cm³/mol. The largest absolute Gasteiger partial charge is 0.310 e. The smallest absolute Gasteiger partial charge is 0.0541 e. The summed E-state index contributed by atoms with van der Waals surface area (Å²) in [6.07, 6.45) is 7.06. The normalized spacial score (nSPS) is 23.3. The number of anilines is 3. The van der Waals surface area contributed by atoms with Gasteiger partial charge in [-0.2, -0.15) is 0 Å². The maximum atomic E-state index is 2.51. The zero-order chi connectivity index (χ0) is 35.1. The number of fused-ring (bicyclic) bond motifs is 5. The average molecular weight is 685 g/mol. The molecule has 0 radical (unpaired) electrons. The molecule has 2 unspecified atom stereocenters. The zero-order valence-electron chi connectivity index (χ0n) is 30.3. The number of aromatic nitrogens is 1. The number of rotatable bonds is 6. The predicted octanol–water partition coefficient (Wildman–Crippen LogP) is 13.8. The van der Waals surface area contributed by atoms with Crippen LogP contribution in [0.5, 0.6) is 0 Å². The Hall–Kier alpha value is -5.60. The molecule has 2 bridgehead atoms. The molecule has 7 aromatic carbocycles. The standard InChI is InChI=1S/C51H44N2/c1-34-28-38-29-39-32-51(31-34,33-47(38)39)40-22-26-42(27-23-40)52(48-19-9-11-36-10-2-3-14-44(36)48)41-24-20-35(21-25-41)37-12-8-13-43(30-37)53-49-17-6-4-15-45(49)46-16-5-7-18-50(46)53/h2-27,30,34,38-39,47H,28-29,31-33H2,1H3/t34-,38-,39-,47?,51?/m0/s1. The van der Waals surface area contributed by atoms with E-state index in [-0.39, 0.29) is 0 Å². The Morgan fingerprint density at radius 3 is 1.92 bits per heavy atom. The molecule has 0 N–H and O–H groups in total. The molecule has 3 fully saturated rings. The molecular weight excluding hydrogens is 641 g/mol. The van der Waals surface area contributed by atoms with Crippen LogP contribution in [-0.2, 0) is 5.41 Å². The van der Waals surface area contributed by atoms with Crippen molar-refractivity contribution in [2.24, 2.45) is 23.7 Å². The molecule has 8 aromatic rings. The number of nitrogens with zero attached hydrogens (tertiary/aromatic N) is 2. The molecule has 2 heteroatoms. The van der Waals surface area contributed by atoms with Crippen LogP contribution < -0.4 is 4.90 Å². The van der Waals surface area contributed by atoms with Gasteiger partial charge in [-0.3, -0.25) is 0 Å². The SMILES string of the molecule is C[C@H]1C[C@H]2C[C@H]3CC(c4ccc(N(c5ccc(-c6cccc(-n7c8ccccc8c8ccccc87)c6)cc5)c5cccc6ccccc56)cc4)(CC23)C1. The van der Waals surface area contributed by atoms with Gasteiger partial charge in [-0.05, 0) is 138 Å². The summed E-state index contributed by atoms with van der Waals surface area (Å²) in [5, 5.41) is 5.09. The zero-order valence-corrected chi connectivity index (χ0v) is 30.3. The molecule has 1 aromatic heterocycles. The molecule has 1 heterocycles. The molecule has 11 rings (SSSR count). The summed E-state index contributed by atoms with van der Waals surface area (Å²) >= 11 is 0. The van der Waals surface area contributed by atoms with Crippen molar-refractivity contribution >= 4 is 49.6 Å². The van der Waals surface area contributed by atoms with E-state index in [1.807, 2.05) is 0 Å². The van der Waals surface area contributed by atoms with Gasteiger partial charge in [0, 0.05) is 33.2 Å². The number of hydrogen-bond donors (Lipinski definition) is 0. The molecule has 0 aliphatic heterocycles. The van der Waals surface area contributed by atoms with Crippen LogP contribution in [0.4, 0.5) is 17.1 Å². The van der Waals surface area contributed by atoms with Gasteiger partial charge in [-0.15, -0.1) is 0 Å². The number of benzene rings is 7. The lowest BCUT2D eigenvalue weighted by molar-refractivity contribution is 0.0780. The molecule has 258 valence electrons. The van der Waals surface area contributed by atoms with E-state index in [2.05, 4.69) is 180 Å². The van der Waals surface area contributed by atoms with Crippen molar-refractivity contribution in [2.45, 2.75) is 44.4 Å². The van der Waals surface area contributed by atoms with Crippen LogP contribution in [0, 0.1) is 23.7 Å². The van der Waals surface area contributed by atoms with Gasteiger partial charge >= 0.3 is 0 Å². The Labute approximate surface area is 312 Å². The minimum absolute atomic E-state index is 0.359. The number of hydrogen-bond acceptors (Lipinski definition) is 1. The first-order valence-corrected chi connectivity index (χ1v) is 19.7. The molecule has 5 atom stereocenters. The summed E-state index contributed by atoms with van der Waals surface area (Å²) in [5.74, 6) is 3.73. The summed E-state index contributed by atoms with van der Waals surface area (Å²) < 4.78 is 2.40. The first-order valence-electron chi connectivity index (χ1n) is 19.7. The van der Waals surface area contributed by atoms with E-state index < -0.39 is 0 Å². The average Bonchev–Trinajstić information content (AvgIpc) is 3.65. The van der Waals surface area contributed by atoms with Crippen molar-refractivity contribution in [2.75, 3.05) is 4.90 Å². The van der Waals surface area contributed by atoms with Crippen molar-refractivity contribution in [1.82, 2.24) is 4.57 Å². The summed E-state index contributed by atoms with van der Waals surface area (Å²) in [6, 6.07) is 60.9. The van der Waals surface area contributed by atoms with Gasteiger partial charge in [0.1, 0.15) is 0 Å². The first kappa shape index (κ1) is 31.0. The summed E-state index contributed by atoms with van der Waals surface area (Å²) in [7, 11) is 0. The molecular formula is C51H44N2. The molecule has 0 amide bonds. The van der Waals surface area contributed by atoms with Gasteiger partial charge in [-0.25, -0.2) is 0 Å². The molecule has 2 nitrogen and oxygen atoms in total. The Kier molecular flexibility index (Phi) is 6.99. The van der Waals surface area contributed by atoms with Gasteiger partial charge in [-0.1, -0.05) is 116 Å². The Bertz CT molecular complexity index is 2590. The monoisotopic (exact) mass is 684 g/mol. The van der Waals surface area contributed by atoms with Crippen LogP contribution in [-0.4, -0.2) is 4.57 Å². The second-order valence-electron chi connectivity index (χ2n) is 16.5.